The molecule has 0 N–H and O–H groups in total. The molecule has 0 fully saturated rings. The quantitative estimate of drug-likeness (QED) is 0.854. The topological polar surface area (TPSA) is 46.6 Å². The van der Waals surface area contributed by atoms with Gasteiger partial charge in [0.25, 0.3) is 0 Å². The Labute approximate surface area is 114 Å². The Morgan fingerprint density at radius 2 is 1.84 bits per heavy atom. The maximum Gasteiger partial charge on any atom is 0.173 e. The first-order valence-electron chi connectivity index (χ1n) is 6.32. The predicted octanol–water partition coefficient (Wildman–Crippen LogP) is 2.57. The molecule has 0 radical (unpaired) electrons. The smallest absolute Gasteiger partial charge is 0.173 e. The molecule has 0 aliphatic carbocycles. The van der Waals surface area contributed by atoms with E-state index in [2.05, 4.69) is 0 Å². The van der Waals surface area contributed by atoms with E-state index in [-0.39, 0.29) is 0 Å². The zero-order valence-corrected chi connectivity index (χ0v) is 12.1. The van der Waals surface area contributed by atoms with E-state index in [4.69, 9.17) is 4.74 Å². The van der Waals surface area contributed by atoms with Gasteiger partial charge >= 0.3 is 0 Å². The van der Waals surface area contributed by atoms with Crippen molar-refractivity contribution in [2.45, 2.75) is 19.3 Å². The number of nitrogens with zero attached hydrogens (tertiary/aromatic N) is 1. The fourth-order valence-corrected chi connectivity index (χ4v) is 2.98. The van der Waals surface area contributed by atoms with Crippen LogP contribution in [0.3, 0.4) is 0 Å². The van der Waals surface area contributed by atoms with E-state index in [1.165, 1.54) is 6.26 Å². The molecule has 4 nitrogen and oxygen atoms in total. The Hall–Kier alpha value is -1.49. The average molecular weight is 281 g/mol. The van der Waals surface area contributed by atoms with Gasteiger partial charge < -0.3 is 9.64 Å². The normalized spacial score (nSPS) is 16.7. The molecular weight excluding hydrogens is 262 g/mol. The van der Waals surface area contributed by atoms with Crippen molar-refractivity contribution in [1.82, 2.24) is 0 Å². The van der Waals surface area contributed by atoms with Gasteiger partial charge in [-0.25, -0.2) is 8.42 Å². The van der Waals surface area contributed by atoms with E-state index in [1.807, 2.05) is 29.2 Å². The lowest BCUT2D eigenvalue weighted by molar-refractivity contribution is 0.415. The summed E-state index contributed by atoms with van der Waals surface area (Å²) in [6.07, 6.45) is 5.57. The Kier molecular flexibility index (Phi) is 4.14. The van der Waals surface area contributed by atoms with Crippen LogP contribution in [0.1, 0.15) is 19.3 Å². The number of ether oxygens (including phenoxy) is 1. The highest BCUT2D eigenvalue weighted by Crippen LogP contribution is 2.25. The molecule has 1 aromatic rings. The number of benzene rings is 1. The van der Waals surface area contributed by atoms with E-state index in [1.54, 1.807) is 13.3 Å². The third-order valence-electron chi connectivity index (χ3n) is 3.25. The van der Waals surface area contributed by atoms with Gasteiger partial charge in [-0.2, -0.15) is 0 Å². The summed E-state index contributed by atoms with van der Waals surface area (Å²) in [5.41, 5.74) is 0.990. The zero-order valence-electron chi connectivity index (χ0n) is 11.3. The van der Waals surface area contributed by atoms with Gasteiger partial charge in [-0.15, -0.1) is 0 Å². The monoisotopic (exact) mass is 281 g/mol. The van der Waals surface area contributed by atoms with E-state index in [0.29, 0.717) is 11.3 Å². The molecule has 0 amide bonds. The van der Waals surface area contributed by atoms with Crippen molar-refractivity contribution < 1.29 is 13.2 Å². The molecule has 1 aliphatic rings. The van der Waals surface area contributed by atoms with Gasteiger partial charge in [-0.05, 0) is 43.5 Å². The first-order chi connectivity index (χ1) is 9.00. The molecule has 0 bridgehead atoms. The third kappa shape index (κ3) is 3.50. The second-order valence-corrected chi connectivity index (χ2v) is 6.78. The van der Waals surface area contributed by atoms with Crippen molar-refractivity contribution in [3.8, 4) is 5.75 Å². The minimum Gasteiger partial charge on any atom is -0.497 e. The number of hydrogen-bond donors (Lipinski definition) is 0. The summed E-state index contributed by atoms with van der Waals surface area (Å²) < 4.78 is 28.5. The van der Waals surface area contributed by atoms with Crippen LogP contribution in [-0.2, 0) is 9.84 Å². The molecule has 5 heteroatoms. The van der Waals surface area contributed by atoms with Crippen LogP contribution in [-0.4, -0.2) is 28.3 Å². The highest BCUT2D eigenvalue weighted by molar-refractivity contribution is 7.94. The van der Waals surface area contributed by atoms with E-state index in [0.717, 1.165) is 30.8 Å². The molecule has 1 aromatic carbocycles. The summed E-state index contributed by atoms with van der Waals surface area (Å²) in [5, 5.41) is 0. The lowest BCUT2D eigenvalue weighted by atomic mass is 10.2. The van der Waals surface area contributed by atoms with Crippen molar-refractivity contribution >= 4 is 15.5 Å². The number of sulfone groups is 1. The van der Waals surface area contributed by atoms with Gasteiger partial charge in [0.05, 0.1) is 12.0 Å². The Morgan fingerprint density at radius 3 is 2.42 bits per heavy atom. The largest absolute Gasteiger partial charge is 0.497 e. The lowest BCUT2D eigenvalue weighted by Gasteiger charge is -2.19. The van der Waals surface area contributed by atoms with Gasteiger partial charge in [0.15, 0.2) is 9.84 Å². The second kappa shape index (κ2) is 5.65. The van der Waals surface area contributed by atoms with Crippen LogP contribution < -0.4 is 9.64 Å². The number of rotatable bonds is 3. The zero-order chi connectivity index (χ0) is 13.9. The summed E-state index contributed by atoms with van der Waals surface area (Å²) >= 11 is 0. The van der Waals surface area contributed by atoms with E-state index in [9.17, 15) is 8.42 Å². The highest BCUT2D eigenvalue weighted by atomic mass is 32.2. The number of anilines is 1. The fraction of sp³-hybridized carbons (Fsp3) is 0.429. The van der Waals surface area contributed by atoms with Crippen molar-refractivity contribution in [3.63, 3.8) is 0 Å². The minimum absolute atomic E-state index is 0.515. The van der Waals surface area contributed by atoms with Crippen LogP contribution in [0.4, 0.5) is 5.69 Å². The van der Waals surface area contributed by atoms with Crippen LogP contribution in [0.15, 0.2) is 35.4 Å². The minimum atomic E-state index is -3.11. The molecule has 0 atom stereocenters. The summed E-state index contributed by atoms with van der Waals surface area (Å²) in [6, 6.07) is 7.66. The van der Waals surface area contributed by atoms with Gasteiger partial charge in [0, 0.05) is 24.7 Å². The third-order valence-corrected chi connectivity index (χ3v) is 4.51. The molecule has 0 saturated carbocycles. The van der Waals surface area contributed by atoms with E-state index >= 15 is 0 Å². The highest BCUT2D eigenvalue weighted by Gasteiger charge is 2.17. The van der Waals surface area contributed by atoms with Gasteiger partial charge in [-0.3, -0.25) is 0 Å². The van der Waals surface area contributed by atoms with Crippen molar-refractivity contribution in [2.24, 2.45) is 0 Å². The first-order valence-corrected chi connectivity index (χ1v) is 8.21. The summed E-state index contributed by atoms with van der Waals surface area (Å²) in [6.45, 7) is 0.839. The SMILES string of the molecule is COc1ccc(N2C=C(S(C)(=O)=O)CCCC2)cc1. The van der Waals surface area contributed by atoms with Crippen LogP contribution in [0, 0.1) is 0 Å². The standard InChI is InChI=1S/C14H19NO3S/c1-18-13-8-6-12(7-9-13)15-10-4-3-5-14(11-15)19(2,16)17/h6-9,11H,3-5,10H2,1-2H3. The Morgan fingerprint density at radius 1 is 1.16 bits per heavy atom. The van der Waals surface area contributed by atoms with Crippen LogP contribution in [0.2, 0.25) is 0 Å². The number of methoxy groups -OCH3 is 1. The molecule has 104 valence electrons. The lowest BCUT2D eigenvalue weighted by Crippen LogP contribution is -2.17. The van der Waals surface area contributed by atoms with Crippen molar-refractivity contribution in [3.05, 3.63) is 35.4 Å². The van der Waals surface area contributed by atoms with Crippen LogP contribution >= 0.6 is 0 Å². The molecule has 19 heavy (non-hydrogen) atoms. The van der Waals surface area contributed by atoms with Gasteiger partial charge in [0.1, 0.15) is 5.75 Å². The second-order valence-electron chi connectivity index (χ2n) is 4.72. The Balaban J connectivity index is 2.30. The summed E-state index contributed by atoms with van der Waals surface area (Å²) in [7, 11) is -1.48. The predicted molar refractivity (Wildman–Crippen MR) is 77.1 cm³/mol. The molecule has 2 rings (SSSR count). The fourth-order valence-electron chi connectivity index (χ4n) is 2.14. The first kappa shape index (κ1) is 13.9. The summed E-state index contributed by atoms with van der Waals surface area (Å²) in [5.74, 6) is 0.797. The molecule has 0 unspecified atom stereocenters. The Bertz CT molecular complexity index is 561. The summed E-state index contributed by atoms with van der Waals surface area (Å²) in [4.78, 5) is 2.52. The molecule has 0 aromatic heterocycles. The number of allylic oxidation sites excluding steroid dienone is 1. The molecule has 1 aliphatic heterocycles. The molecular formula is C14H19NO3S. The molecule has 0 spiro atoms. The molecule has 0 saturated heterocycles. The number of hydrogen-bond acceptors (Lipinski definition) is 4. The average Bonchev–Trinajstić information content (AvgIpc) is 2.64. The van der Waals surface area contributed by atoms with Crippen LogP contribution in [0.5, 0.6) is 5.75 Å². The van der Waals surface area contributed by atoms with E-state index < -0.39 is 9.84 Å². The molecule has 1 heterocycles. The van der Waals surface area contributed by atoms with Gasteiger partial charge in [-0.1, -0.05) is 0 Å². The van der Waals surface area contributed by atoms with Crippen molar-refractivity contribution in [1.29, 1.82) is 0 Å². The maximum atomic E-state index is 11.7. The van der Waals surface area contributed by atoms with Gasteiger partial charge in [0.2, 0.25) is 0 Å². The van der Waals surface area contributed by atoms with Crippen molar-refractivity contribution in [2.75, 3.05) is 24.8 Å². The maximum absolute atomic E-state index is 11.7. The van der Waals surface area contributed by atoms with Crippen LogP contribution in [0.25, 0.3) is 0 Å².